The van der Waals surface area contributed by atoms with Crippen LogP contribution < -0.4 is 0 Å². The van der Waals surface area contributed by atoms with E-state index in [4.69, 9.17) is 4.84 Å². The van der Waals surface area contributed by atoms with Crippen LogP contribution in [0, 0.1) is 11.8 Å². The van der Waals surface area contributed by atoms with Gasteiger partial charge in [-0.2, -0.15) is 0 Å². The van der Waals surface area contributed by atoms with Gasteiger partial charge < -0.3 is 9.32 Å². The normalized spacial score (nSPS) is 23.2. The van der Waals surface area contributed by atoms with E-state index in [1.165, 1.54) is 0 Å². The van der Waals surface area contributed by atoms with Gasteiger partial charge in [0.25, 0.3) is 0 Å². The van der Waals surface area contributed by atoms with Crippen LogP contribution >= 0.6 is 0 Å². The summed E-state index contributed by atoms with van der Waals surface area (Å²) in [5.74, 6) is 0.795. The van der Waals surface area contributed by atoms with Crippen molar-refractivity contribution < 1.29 is 14.1 Å². The third-order valence-electron chi connectivity index (χ3n) is 4.28. The SMILES string of the molecule is C[C@@H]1C[C@H](C[N+](C)(C)C)C/C1=N\OC(=O)CCc1ccccc1. The number of hydrogen-bond acceptors (Lipinski definition) is 3. The maximum Gasteiger partial charge on any atom is 0.335 e. The monoisotopic (exact) mass is 317 g/mol. The number of benzene rings is 1. The predicted octanol–water partition coefficient (Wildman–Crippen LogP) is 3.27. The molecule has 0 radical (unpaired) electrons. The Morgan fingerprint density at radius 3 is 2.61 bits per heavy atom. The van der Waals surface area contributed by atoms with Gasteiger partial charge in [0.2, 0.25) is 0 Å². The first-order valence-electron chi connectivity index (χ1n) is 8.44. The summed E-state index contributed by atoms with van der Waals surface area (Å²) in [6, 6.07) is 9.98. The smallest absolute Gasteiger partial charge is 0.331 e. The van der Waals surface area contributed by atoms with E-state index in [0.717, 1.165) is 35.1 Å². The molecule has 0 aromatic heterocycles. The topological polar surface area (TPSA) is 38.7 Å². The molecule has 2 rings (SSSR count). The molecule has 1 aromatic rings. The molecule has 0 heterocycles. The van der Waals surface area contributed by atoms with Crippen molar-refractivity contribution in [2.45, 2.75) is 32.6 Å². The largest absolute Gasteiger partial charge is 0.335 e. The number of carbonyl (C=O) groups excluding carboxylic acids is 1. The molecule has 4 heteroatoms. The fourth-order valence-electron chi connectivity index (χ4n) is 3.30. The molecule has 1 aliphatic rings. The fraction of sp³-hybridized carbons (Fsp3) is 0.579. The van der Waals surface area contributed by atoms with Crippen molar-refractivity contribution >= 4 is 11.7 Å². The molecule has 0 aliphatic heterocycles. The number of carbonyl (C=O) groups is 1. The Balaban J connectivity index is 1.79. The lowest BCUT2D eigenvalue weighted by Crippen LogP contribution is -2.38. The van der Waals surface area contributed by atoms with E-state index in [1.54, 1.807) is 0 Å². The lowest BCUT2D eigenvalue weighted by Gasteiger charge is -2.27. The molecule has 0 N–H and O–H groups in total. The van der Waals surface area contributed by atoms with E-state index in [2.05, 4.69) is 33.2 Å². The Morgan fingerprint density at radius 2 is 1.96 bits per heavy atom. The van der Waals surface area contributed by atoms with E-state index in [-0.39, 0.29) is 5.97 Å². The highest BCUT2D eigenvalue weighted by Gasteiger charge is 2.31. The number of aryl methyl sites for hydroxylation is 1. The number of quaternary nitrogens is 1. The first-order valence-corrected chi connectivity index (χ1v) is 8.44. The van der Waals surface area contributed by atoms with Gasteiger partial charge in [0.15, 0.2) is 0 Å². The standard InChI is InChI=1S/C19H29N2O2/c1-15-12-17(14-21(2,3)4)13-18(15)20-23-19(22)11-10-16-8-6-5-7-9-16/h5-9,15,17H,10-14H2,1-4H3/q+1/b20-18+/t15-,17+/m1/s1. The van der Waals surface area contributed by atoms with Gasteiger partial charge in [0.05, 0.1) is 39.8 Å². The number of rotatable bonds is 6. The first kappa shape index (κ1) is 17.7. The average Bonchev–Trinajstić information content (AvgIpc) is 2.81. The molecule has 0 bridgehead atoms. The van der Waals surface area contributed by atoms with E-state index < -0.39 is 0 Å². The Hall–Kier alpha value is -1.68. The summed E-state index contributed by atoms with van der Waals surface area (Å²) in [5.41, 5.74) is 2.19. The lowest BCUT2D eigenvalue weighted by atomic mass is 10.1. The minimum Gasteiger partial charge on any atom is -0.331 e. The van der Waals surface area contributed by atoms with Crippen LogP contribution in [0.15, 0.2) is 35.5 Å². The van der Waals surface area contributed by atoms with Crippen molar-refractivity contribution in [3.8, 4) is 0 Å². The van der Waals surface area contributed by atoms with Crippen LogP contribution in [-0.4, -0.2) is 43.9 Å². The van der Waals surface area contributed by atoms with E-state index >= 15 is 0 Å². The lowest BCUT2D eigenvalue weighted by molar-refractivity contribution is -0.873. The van der Waals surface area contributed by atoms with Crippen LogP contribution in [0.25, 0.3) is 0 Å². The molecule has 1 aromatic carbocycles. The number of hydrogen-bond donors (Lipinski definition) is 0. The summed E-state index contributed by atoms with van der Waals surface area (Å²) < 4.78 is 0.960. The van der Waals surface area contributed by atoms with Crippen LogP contribution in [0.1, 0.15) is 31.7 Å². The van der Waals surface area contributed by atoms with Crippen LogP contribution in [0.5, 0.6) is 0 Å². The third-order valence-corrected chi connectivity index (χ3v) is 4.28. The van der Waals surface area contributed by atoms with Crippen LogP contribution in [0.4, 0.5) is 0 Å². The Kier molecular flexibility index (Phi) is 5.94. The number of oxime groups is 1. The summed E-state index contributed by atoms with van der Waals surface area (Å²) in [5, 5.41) is 4.16. The van der Waals surface area contributed by atoms with Crippen molar-refractivity contribution in [1.29, 1.82) is 0 Å². The first-order chi connectivity index (χ1) is 10.8. The molecule has 1 fully saturated rings. The minimum atomic E-state index is -0.247. The minimum absolute atomic E-state index is 0.247. The molecule has 0 amide bonds. The van der Waals surface area contributed by atoms with Gasteiger partial charge in [-0.25, -0.2) is 4.79 Å². The quantitative estimate of drug-likeness (QED) is 0.459. The van der Waals surface area contributed by atoms with Gasteiger partial charge in [-0.1, -0.05) is 42.4 Å². The molecular formula is C19H29N2O2+. The molecule has 4 nitrogen and oxygen atoms in total. The van der Waals surface area contributed by atoms with E-state index in [9.17, 15) is 4.79 Å². The molecular weight excluding hydrogens is 288 g/mol. The fourth-order valence-corrected chi connectivity index (χ4v) is 3.30. The zero-order valence-electron chi connectivity index (χ0n) is 14.8. The van der Waals surface area contributed by atoms with Gasteiger partial charge in [-0.3, -0.25) is 0 Å². The van der Waals surface area contributed by atoms with Crippen molar-refractivity contribution in [2.75, 3.05) is 27.7 Å². The summed E-state index contributed by atoms with van der Waals surface area (Å²) in [6.07, 6.45) is 3.15. The van der Waals surface area contributed by atoms with Gasteiger partial charge in [-0.05, 0) is 30.7 Å². The Bertz CT molecular complexity index is 546. The van der Waals surface area contributed by atoms with Gasteiger partial charge in [0.1, 0.15) is 0 Å². The van der Waals surface area contributed by atoms with Crippen molar-refractivity contribution in [1.82, 2.24) is 0 Å². The second kappa shape index (κ2) is 7.73. The molecule has 1 aliphatic carbocycles. The maximum atomic E-state index is 11.9. The molecule has 1 saturated carbocycles. The average molecular weight is 317 g/mol. The van der Waals surface area contributed by atoms with Gasteiger partial charge in [-0.15, -0.1) is 0 Å². The summed E-state index contributed by atoms with van der Waals surface area (Å²) in [7, 11) is 6.64. The third kappa shape index (κ3) is 6.14. The van der Waals surface area contributed by atoms with Crippen LogP contribution in [0.3, 0.4) is 0 Å². The predicted molar refractivity (Wildman–Crippen MR) is 93.1 cm³/mol. The Labute approximate surface area is 139 Å². The summed E-state index contributed by atoms with van der Waals surface area (Å²) >= 11 is 0. The molecule has 126 valence electrons. The highest BCUT2D eigenvalue weighted by atomic mass is 16.7. The summed E-state index contributed by atoms with van der Waals surface area (Å²) in [6.45, 7) is 3.30. The second-order valence-corrected chi connectivity index (χ2v) is 7.71. The molecule has 0 unspecified atom stereocenters. The highest BCUT2D eigenvalue weighted by Crippen LogP contribution is 2.30. The van der Waals surface area contributed by atoms with Crippen molar-refractivity contribution in [3.05, 3.63) is 35.9 Å². The van der Waals surface area contributed by atoms with E-state index in [1.807, 2.05) is 30.3 Å². The molecule has 23 heavy (non-hydrogen) atoms. The molecule has 0 saturated heterocycles. The summed E-state index contributed by atoms with van der Waals surface area (Å²) in [4.78, 5) is 17.0. The maximum absolute atomic E-state index is 11.9. The van der Waals surface area contributed by atoms with Gasteiger partial charge >= 0.3 is 5.97 Å². The molecule has 2 atom stereocenters. The van der Waals surface area contributed by atoms with Crippen molar-refractivity contribution in [2.24, 2.45) is 17.0 Å². The van der Waals surface area contributed by atoms with Gasteiger partial charge in [0, 0.05) is 5.92 Å². The zero-order chi connectivity index (χ0) is 16.9. The number of nitrogens with zero attached hydrogens (tertiary/aromatic N) is 2. The Morgan fingerprint density at radius 1 is 1.26 bits per heavy atom. The highest BCUT2D eigenvalue weighted by molar-refractivity contribution is 5.88. The second-order valence-electron chi connectivity index (χ2n) is 7.71. The van der Waals surface area contributed by atoms with Crippen LogP contribution in [0.2, 0.25) is 0 Å². The zero-order valence-corrected chi connectivity index (χ0v) is 14.8. The van der Waals surface area contributed by atoms with Crippen LogP contribution in [-0.2, 0) is 16.1 Å². The van der Waals surface area contributed by atoms with Crippen molar-refractivity contribution in [3.63, 3.8) is 0 Å². The van der Waals surface area contributed by atoms with E-state index in [0.29, 0.717) is 24.7 Å². The molecule has 0 spiro atoms.